The zero-order valence-corrected chi connectivity index (χ0v) is 15.5. The molecule has 1 aromatic heterocycles. The van der Waals surface area contributed by atoms with Crippen molar-refractivity contribution in [3.05, 3.63) is 47.7 Å². The van der Waals surface area contributed by atoms with E-state index in [1.807, 2.05) is 55.5 Å². The van der Waals surface area contributed by atoms with Crippen LogP contribution in [0.5, 0.6) is 11.5 Å². The van der Waals surface area contributed by atoms with Crippen molar-refractivity contribution in [1.82, 2.24) is 9.88 Å². The summed E-state index contributed by atoms with van der Waals surface area (Å²) in [6.07, 6.45) is 1.86. The van der Waals surface area contributed by atoms with Gasteiger partial charge < -0.3 is 19.5 Å². The predicted molar refractivity (Wildman–Crippen MR) is 100 cm³/mol. The second-order valence-corrected chi connectivity index (χ2v) is 7.28. The standard InChI is InChI=1S/C20H23N3O4/c1-22(2)19-6-3-13(8-21-19)9-23-10-15(16(11-23)20(24)25)14-4-5-17-18(7-14)27-12-26-17/h3-8,15-16H,9-12H2,1-2H3,(H,24,25)/t15-,16+/m0/s1. The van der Waals surface area contributed by atoms with E-state index in [1.165, 1.54) is 0 Å². The second-order valence-electron chi connectivity index (χ2n) is 7.28. The Labute approximate surface area is 158 Å². The quantitative estimate of drug-likeness (QED) is 0.866. The van der Waals surface area contributed by atoms with Gasteiger partial charge in [0.1, 0.15) is 5.82 Å². The number of nitrogens with zero attached hydrogens (tertiary/aromatic N) is 3. The first kappa shape index (κ1) is 17.6. The molecule has 2 atom stereocenters. The molecule has 2 aliphatic rings. The van der Waals surface area contributed by atoms with Crippen LogP contribution in [0, 0.1) is 5.92 Å². The Morgan fingerprint density at radius 2 is 2.04 bits per heavy atom. The summed E-state index contributed by atoms with van der Waals surface area (Å²) in [5.41, 5.74) is 2.06. The number of fused-ring (bicyclic) bond motifs is 1. The Morgan fingerprint density at radius 1 is 1.22 bits per heavy atom. The van der Waals surface area contributed by atoms with Crippen molar-refractivity contribution in [2.24, 2.45) is 5.92 Å². The summed E-state index contributed by atoms with van der Waals surface area (Å²) in [5, 5.41) is 9.72. The summed E-state index contributed by atoms with van der Waals surface area (Å²) < 4.78 is 10.8. The van der Waals surface area contributed by atoms with Gasteiger partial charge in [-0.05, 0) is 29.3 Å². The van der Waals surface area contributed by atoms with Crippen LogP contribution >= 0.6 is 0 Å². The van der Waals surface area contributed by atoms with Gasteiger partial charge in [0.25, 0.3) is 0 Å². The van der Waals surface area contributed by atoms with Gasteiger partial charge >= 0.3 is 5.97 Å². The van der Waals surface area contributed by atoms with E-state index >= 15 is 0 Å². The molecule has 1 aromatic carbocycles. The normalized spacial score (nSPS) is 21.4. The van der Waals surface area contributed by atoms with Crippen LogP contribution in [-0.2, 0) is 11.3 Å². The van der Waals surface area contributed by atoms with E-state index < -0.39 is 11.9 Å². The third kappa shape index (κ3) is 3.55. The van der Waals surface area contributed by atoms with E-state index in [9.17, 15) is 9.90 Å². The van der Waals surface area contributed by atoms with Crippen molar-refractivity contribution in [1.29, 1.82) is 0 Å². The largest absolute Gasteiger partial charge is 0.481 e. The van der Waals surface area contributed by atoms with Crippen molar-refractivity contribution < 1.29 is 19.4 Å². The number of carboxylic acids is 1. The zero-order valence-electron chi connectivity index (χ0n) is 15.5. The first-order valence-electron chi connectivity index (χ1n) is 8.98. The minimum absolute atomic E-state index is 0.0778. The van der Waals surface area contributed by atoms with Crippen LogP contribution in [0.15, 0.2) is 36.5 Å². The maximum Gasteiger partial charge on any atom is 0.308 e. The highest BCUT2D eigenvalue weighted by atomic mass is 16.7. The molecule has 142 valence electrons. The van der Waals surface area contributed by atoms with E-state index in [0.29, 0.717) is 31.1 Å². The molecule has 4 rings (SSSR count). The van der Waals surface area contributed by atoms with E-state index in [2.05, 4.69) is 9.88 Å². The van der Waals surface area contributed by atoms with Crippen LogP contribution in [0.3, 0.4) is 0 Å². The number of hydrogen-bond donors (Lipinski definition) is 1. The lowest BCUT2D eigenvalue weighted by Crippen LogP contribution is -2.23. The average Bonchev–Trinajstić information content (AvgIpc) is 3.28. The summed E-state index contributed by atoms with van der Waals surface area (Å²) in [6.45, 7) is 2.11. The molecule has 7 heteroatoms. The maximum atomic E-state index is 11.8. The fourth-order valence-electron chi connectivity index (χ4n) is 3.78. The van der Waals surface area contributed by atoms with E-state index in [1.54, 1.807) is 0 Å². The lowest BCUT2D eigenvalue weighted by atomic mass is 9.89. The number of aromatic nitrogens is 1. The van der Waals surface area contributed by atoms with Gasteiger partial charge in [-0.15, -0.1) is 0 Å². The zero-order chi connectivity index (χ0) is 19.0. The van der Waals surface area contributed by atoms with Gasteiger partial charge in [0.15, 0.2) is 11.5 Å². The predicted octanol–water partition coefficient (Wildman–Crippen LogP) is 2.18. The summed E-state index contributed by atoms with van der Waals surface area (Å²) in [5.74, 6) is 1.03. The first-order valence-corrected chi connectivity index (χ1v) is 8.98. The van der Waals surface area contributed by atoms with Gasteiger partial charge in [0, 0.05) is 45.8 Å². The van der Waals surface area contributed by atoms with Crippen LogP contribution in [0.2, 0.25) is 0 Å². The maximum absolute atomic E-state index is 11.8. The molecule has 1 fully saturated rings. The lowest BCUT2D eigenvalue weighted by Gasteiger charge is -2.17. The SMILES string of the molecule is CN(C)c1ccc(CN2C[C@@H](C(=O)O)[C@H](c3ccc4c(c3)OCO4)C2)cn1. The van der Waals surface area contributed by atoms with E-state index in [-0.39, 0.29) is 12.7 Å². The molecule has 7 nitrogen and oxygen atoms in total. The van der Waals surface area contributed by atoms with Crippen LogP contribution in [0.25, 0.3) is 0 Å². The molecule has 0 spiro atoms. The second kappa shape index (κ2) is 7.08. The number of benzene rings is 1. The number of pyridine rings is 1. The van der Waals surface area contributed by atoms with Crippen molar-refractivity contribution in [3.8, 4) is 11.5 Å². The molecule has 2 aliphatic heterocycles. The molecule has 0 bridgehead atoms. The Bertz CT molecular complexity index is 838. The van der Waals surface area contributed by atoms with Crippen molar-refractivity contribution in [2.75, 3.05) is 38.9 Å². The monoisotopic (exact) mass is 369 g/mol. The molecule has 27 heavy (non-hydrogen) atoms. The van der Waals surface area contributed by atoms with Crippen molar-refractivity contribution >= 4 is 11.8 Å². The lowest BCUT2D eigenvalue weighted by molar-refractivity contribution is -0.141. The molecule has 0 saturated carbocycles. The van der Waals surface area contributed by atoms with Crippen molar-refractivity contribution in [3.63, 3.8) is 0 Å². The Balaban J connectivity index is 1.51. The Hall–Kier alpha value is -2.80. The van der Waals surface area contributed by atoms with Crippen LogP contribution < -0.4 is 14.4 Å². The van der Waals surface area contributed by atoms with Gasteiger partial charge in [-0.2, -0.15) is 0 Å². The Morgan fingerprint density at radius 3 is 2.74 bits per heavy atom. The van der Waals surface area contributed by atoms with Crippen LogP contribution in [-0.4, -0.2) is 54.9 Å². The average molecular weight is 369 g/mol. The fourth-order valence-corrected chi connectivity index (χ4v) is 3.78. The number of likely N-dealkylation sites (tertiary alicyclic amines) is 1. The molecule has 0 amide bonds. The molecular weight excluding hydrogens is 346 g/mol. The number of carboxylic acid groups (broad SMARTS) is 1. The summed E-state index contributed by atoms with van der Waals surface area (Å²) in [7, 11) is 3.91. The van der Waals surface area contributed by atoms with Gasteiger partial charge in [-0.1, -0.05) is 12.1 Å². The first-order chi connectivity index (χ1) is 13.0. The molecular formula is C20H23N3O4. The highest BCUT2D eigenvalue weighted by Crippen LogP contribution is 2.39. The highest BCUT2D eigenvalue weighted by molar-refractivity contribution is 5.72. The van der Waals surface area contributed by atoms with Gasteiger partial charge in [0.05, 0.1) is 5.92 Å². The minimum Gasteiger partial charge on any atom is -0.481 e. The van der Waals surface area contributed by atoms with Crippen molar-refractivity contribution in [2.45, 2.75) is 12.5 Å². The van der Waals surface area contributed by atoms with Gasteiger partial charge in [0.2, 0.25) is 6.79 Å². The van der Waals surface area contributed by atoms with Gasteiger partial charge in [-0.3, -0.25) is 9.69 Å². The summed E-state index contributed by atoms with van der Waals surface area (Å²) in [6, 6.07) is 9.76. The topological polar surface area (TPSA) is 75.1 Å². The number of anilines is 1. The molecule has 0 radical (unpaired) electrons. The fraction of sp³-hybridized carbons (Fsp3) is 0.400. The summed E-state index contributed by atoms with van der Waals surface area (Å²) in [4.78, 5) is 20.4. The summed E-state index contributed by atoms with van der Waals surface area (Å²) >= 11 is 0. The third-order valence-electron chi connectivity index (χ3n) is 5.21. The molecule has 0 aliphatic carbocycles. The number of rotatable bonds is 5. The molecule has 0 unspecified atom stereocenters. The molecule has 3 heterocycles. The molecule has 1 N–H and O–H groups in total. The minimum atomic E-state index is -0.763. The van der Waals surface area contributed by atoms with Crippen LogP contribution in [0.4, 0.5) is 5.82 Å². The number of carbonyl (C=O) groups is 1. The number of hydrogen-bond acceptors (Lipinski definition) is 6. The van der Waals surface area contributed by atoms with Crippen LogP contribution in [0.1, 0.15) is 17.0 Å². The molecule has 1 saturated heterocycles. The number of ether oxygens (including phenoxy) is 2. The Kier molecular flexibility index (Phi) is 4.61. The number of aliphatic carboxylic acids is 1. The highest BCUT2D eigenvalue weighted by Gasteiger charge is 2.39. The van der Waals surface area contributed by atoms with E-state index in [4.69, 9.17) is 9.47 Å². The third-order valence-corrected chi connectivity index (χ3v) is 5.21. The molecule has 2 aromatic rings. The van der Waals surface area contributed by atoms with Gasteiger partial charge in [-0.25, -0.2) is 4.98 Å². The van der Waals surface area contributed by atoms with E-state index in [0.717, 1.165) is 16.9 Å². The smallest absolute Gasteiger partial charge is 0.308 e.